The van der Waals surface area contributed by atoms with Gasteiger partial charge in [0.2, 0.25) is 6.54 Å². The number of carbonyl (C=O) groups is 1. The van der Waals surface area contributed by atoms with Gasteiger partial charge in [-0.2, -0.15) is 0 Å². The lowest BCUT2D eigenvalue weighted by Crippen LogP contribution is -2.35. The second-order valence-electron chi connectivity index (χ2n) is 12.5. The van der Waals surface area contributed by atoms with Gasteiger partial charge < -0.3 is 28.7 Å². The Hall–Kier alpha value is -4.73. The van der Waals surface area contributed by atoms with E-state index in [1.54, 1.807) is 0 Å². The van der Waals surface area contributed by atoms with Crippen molar-refractivity contribution >= 4 is 14.6 Å². The molecule has 1 saturated heterocycles. The fraction of sp³-hybridized carbons (Fsp3) is 0.421. The SMILES string of the molecule is [2H]C[C@H]1O[C@@H](n2cc(C#CCNC(=O)OC3Cc4ccccc4C#Cc4ccccc43)c(=O)[nH]c2=O)CC1OP(OCC[N+]#[C-])N(C(C)C)C(C)C. The Morgan fingerprint density at radius 2 is 1.90 bits per heavy atom. The first-order chi connectivity index (χ1) is 25.1. The van der Waals surface area contributed by atoms with Crippen molar-refractivity contribution in [3.63, 3.8) is 0 Å². The van der Waals surface area contributed by atoms with Crippen LogP contribution in [0.4, 0.5) is 4.79 Å². The summed E-state index contributed by atoms with van der Waals surface area (Å²) in [6.07, 6.45) is -1.40. The zero-order valence-corrected chi connectivity index (χ0v) is 29.9. The molecule has 0 spiro atoms. The minimum Gasteiger partial charge on any atom is -0.441 e. The Balaban J connectivity index is 1.26. The highest BCUT2D eigenvalue weighted by molar-refractivity contribution is 7.44. The number of fused-ring (bicyclic) bond motifs is 2. The summed E-state index contributed by atoms with van der Waals surface area (Å²) in [6, 6.07) is 15.4. The molecule has 2 N–H and O–H groups in total. The van der Waals surface area contributed by atoms with Gasteiger partial charge in [0.15, 0.2) is 0 Å². The number of H-pyrrole nitrogens is 1. The minimum absolute atomic E-state index is 0.00944. The molecule has 1 aliphatic carbocycles. The number of hydrogen-bond acceptors (Lipinski definition) is 8. The predicted octanol–water partition coefficient (Wildman–Crippen LogP) is 5.29. The molecular formula is C38H42N5O7P. The topological polar surface area (TPSA) is 128 Å². The zero-order valence-electron chi connectivity index (χ0n) is 30.0. The maximum atomic E-state index is 12.9. The van der Waals surface area contributed by atoms with E-state index in [0.717, 1.165) is 22.3 Å². The normalized spacial score (nSPS) is 20.0. The van der Waals surface area contributed by atoms with Gasteiger partial charge in [0, 0.05) is 49.2 Å². The van der Waals surface area contributed by atoms with E-state index in [4.69, 9.17) is 26.5 Å². The number of ether oxygens (including phenoxy) is 2. The number of aromatic amines is 1. The third kappa shape index (κ3) is 9.54. The molecule has 1 aromatic heterocycles. The fourth-order valence-corrected chi connectivity index (χ4v) is 7.62. The minimum atomic E-state index is -1.60. The summed E-state index contributed by atoms with van der Waals surface area (Å²) in [5, 5.41) is 2.63. The Labute approximate surface area is 300 Å². The van der Waals surface area contributed by atoms with E-state index in [0.29, 0.717) is 6.42 Å². The van der Waals surface area contributed by atoms with Crippen LogP contribution in [0.25, 0.3) is 4.85 Å². The van der Waals surface area contributed by atoms with Crippen LogP contribution < -0.4 is 16.6 Å². The average Bonchev–Trinajstić information content (AvgIpc) is 3.51. The van der Waals surface area contributed by atoms with Crippen LogP contribution in [0.1, 0.15) is 82.5 Å². The lowest BCUT2D eigenvalue weighted by atomic mass is 9.92. The van der Waals surface area contributed by atoms with Gasteiger partial charge in [-0.3, -0.25) is 14.3 Å². The molecule has 3 aromatic rings. The molecule has 51 heavy (non-hydrogen) atoms. The summed E-state index contributed by atoms with van der Waals surface area (Å²) in [5.41, 5.74) is 2.03. The van der Waals surface area contributed by atoms with Crippen molar-refractivity contribution in [2.75, 3.05) is 19.7 Å². The van der Waals surface area contributed by atoms with E-state index in [1.807, 2.05) is 76.2 Å². The van der Waals surface area contributed by atoms with Crippen molar-refractivity contribution in [1.82, 2.24) is 19.5 Å². The van der Waals surface area contributed by atoms with Gasteiger partial charge in [0.05, 0.1) is 18.8 Å². The van der Waals surface area contributed by atoms with Crippen LogP contribution in [0.2, 0.25) is 0 Å². The lowest BCUT2D eigenvalue weighted by Gasteiger charge is -2.36. The Kier molecular flexibility index (Phi) is 12.4. The first kappa shape index (κ1) is 36.1. The van der Waals surface area contributed by atoms with Crippen molar-refractivity contribution in [2.24, 2.45) is 0 Å². The first-order valence-corrected chi connectivity index (χ1v) is 17.9. The van der Waals surface area contributed by atoms with E-state index >= 15 is 0 Å². The molecule has 1 amide bonds. The summed E-state index contributed by atoms with van der Waals surface area (Å²) in [6.45, 7) is 15.4. The van der Waals surface area contributed by atoms with Crippen LogP contribution in [0, 0.1) is 30.3 Å². The first-order valence-electron chi connectivity index (χ1n) is 17.4. The quantitative estimate of drug-likeness (QED) is 0.119. The van der Waals surface area contributed by atoms with E-state index in [2.05, 4.69) is 43.5 Å². The van der Waals surface area contributed by atoms with Crippen LogP contribution in [0.5, 0.6) is 0 Å². The smallest absolute Gasteiger partial charge is 0.408 e. The maximum absolute atomic E-state index is 12.9. The van der Waals surface area contributed by atoms with Crippen molar-refractivity contribution in [3.8, 4) is 23.7 Å². The molecule has 5 rings (SSSR count). The second kappa shape index (κ2) is 17.5. The zero-order chi connectivity index (χ0) is 37.2. The monoisotopic (exact) mass is 712 g/mol. The molecule has 3 unspecified atom stereocenters. The summed E-state index contributed by atoms with van der Waals surface area (Å²) in [4.78, 5) is 44.2. The van der Waals surface area contributed by atoms with Gasteiger partial charge in [0.25, 0.3) is 14.1 Å². The van der Waals surface area contributed by atoms with Crippen LogP contribution in [-0.2, 0) is 24.9 Å². The Morgan fingerprint density at radius 3 is 2.65 bits per heavy atom. The summed E-state index contributed by atoms with van der Waals surface area (Å²) in [7, 11) is -1.60. The number of alkyl carbamates (subject to hydrolysis) is 1. The third-order valence-electron chi connectivity index (χ3n) is 8.19. The Bertz CT molecular complexity index is 2010. The number of hydrogen-bond donors (Lipinski definition) is 2. The van der Waals surface area contributed by atoms with Gasteiger partial charge >= 0.3 is 11.8 Å². The molecule has 0 saturated carbocycles. The largest absolute Gasteiger partial charge is 0.441 e. The van der Waals surface area contributed by atoms with Gasteiger partial charge in [-0.1, -0.05) is 60.1 Å². The number of aromatic nitrogens is 2. The third-order valence-corrected chi connectivity index (χ3v) is 10.3. The molecule has 266 valence electrons. The Morgan fingerprint density at radius 1 is 1.18 bits per heavy atom. The number of amides is 1. The van der Waals surface area contributed by atoms with E-state index < -0.39 is 50.4 Å². The van der Waals surface area contributed by atoms with Gasteiger partial charge in [-0.05, 0) is 52.3 Å². The molecule has 0 radical (unpaired) electrons. The molecular weight excluding hydrogens is 669 g/mol. The summed E-state index contributed by atoms with van der Waals surface area (Å²) in [5.74, 6) is 11.9. The van der Waals surface area contributed by atoms with Gasteiger partial charge in [-0.25, -0.2) is 20.8 Å². The molecule has 1 fully saturated rings. The van der Waals surface area contributed by atoms with Crippen molar-refractivity contribution in [2.45, 2.75) is 84.1 Å². The number of nitrogens with one attached hydrogen (secondary N) is 2. The highest BCUT2D eigenvalue weighted by Gasteiger charge is 2.39. The van der Waals surface area contributed by atoms with Gasteiger partial charge in [-0.15, -0.1) is 0 Å². The number of carbonyl (C=O) groups excluding carboxylic acids is 1. The van der Waals surface area contributed by atoms with Crippen LogP contribution in [0.15, 0.2) is 64.3 Å². The molecule has 2 heterocycles. The lowest BCUT2D eigenvalue weighted by molar-refractivity contribution is -0.00873. The highest BCUT2D eigenvalue weighted by Crippen LogP contribution is 2.49. The summed E-state index contributed by atoms with van der Waals surface area (Å²) >= 11 is 0. The van der Waals surface area contributed by atoms with Gasteiger partial charge in [0.1, 0.15) is 24.5 Å². The van der Waals surface area contributed by atoms with Crippen molar-refractivity contribution < 1.29 is 24.7 Å². The van der Waals surface area contributed by atoms with E-state index in [9.17, 15) is 14.4 Å². The highest BCUT2D eigenvalue weighted by atomic mass is 31.2. The molecule has 2 aliphatic rings. The van der Waals surface area contributed by atoms with E-state index in [-0.39, 0.29) is 50.7 Å². The van der Waals surface area contributed by atoms with Crippen LogP contribution in [-0.4, -0.2) is 64.3 Å². The molecule has 12 nitrogen and oxygen atoms in total. The molecule has 1 aliphatic heterocycles. The van der Waals surface area contributed by atoms with Crippen molar-refractivity contribution in [3.05, 3.63) is 115 Å². The number of rotatable bonds is 11. The fourth-order valence-electron chi connectivity index (χ4n) is 5.87. The standard InChI is InChI=1S/C38H42N5O7P/c1-25(2)43(26(3)4)51(47-21-20-39-6)50-33-23-35(48-27(33)5)42-24-31(36(44)41-37(42)45)15-11-19-40-38(46)49-34-22-30-14-8-7-12-28(30)17-18-29-13-9-10-16-32(29)34/h7-10,12-14,16,24-27,33-35H,19-23H2,1-5H3,(H,40,46)(H,41,44,45)/t27-,33?,34?,35-,51?/m1/s1/i5D. The predicted molar refractivity (Wildman–Crippen MR) is 194 cm³/mol. The van der Waals surface area contributed by atoms with Crippen LogP contribution >= 0.6 is 8.53 Å². The maximum Gasteiger partial charge on any atom is 0.408 e. The van der Waals surface area contributed by atoms with Crippen molar-refractivity contribution in [1.29, 1.82) is 0 Å². The molecule has 0 bridgehead atoms. The molecule has 2 aromatic carbocycles. The second-order valence-corrected chi connectivity index (χ2v) is 13.9. The summed E-state index contributed by atoms with van der Waals surface area (Å²) < 4.78 is 35.8. The van der Waals surface area contributed by atoms with E-state index in [1.165, 1.54) is 10.8 Å². The molecule has 13 heteroatoms. The molecule has 5 atom stereocenters. The number of nitrogens with zero attached hydrogens (tertiary/aromatic N) is 3. The number of benzene rings is 2. The average molecular weight is 713 g/mol. The van der Waals surface area contributed by atoms with Crippen LogP contribution in [0.3, 0.4) is 0 Å².